The molecule has 0 spiro atoms. The molecule has 29 heavy (non-hydrogen) atoms. The lowest BCUT2D eigenvalue weighted by Gasteiger charge is -2.37. The van der Waals surface area contributed by atoms with Crippen molar-refractivity contribution in [1.82, 2.24) is 0 Å². The van der Waals surface area contributed by atoms with Gasteiger partial charge in [-0.3, -0.25) is 9.59 Å². The van der Waals surface area contributed by atoms with E-state index < -0.39 is 55.1 Å². The van der Waals surface area contributed by atoms with Crippen molar-refractivity contribution in [3.05, 3.63) is 35.0 Å². The lowest BCUT2D eigenvalue weighted by atomic mass is 9.99. The minimum atomic E-state index is -1.71. The third-order valence-electron chi connectivity index (χ3n) is 5.30. The van der Waals surface area contributed by atoms with Crippen molar-refractivity contribution < 1.29 is 43.9 Å². The Morgan fingerprint density at radius 2 is 1.86 bits per heavy atom. The van der Waals surface area contributed by atoms with Gasteiger partial charge in [0.2, 0.25) is 0 Å². The summed E-state index contributed by atoms with van der Waals surface area (Å²) in [5, 5.41) is 39.4. The van der Waals surface area contributed by atoms with Crippen molar-refractivity contribution >= 4 is 34.3 Å². The molecule has 4 rings (SSSR count). The normalized spacial score (nSPS) is 34.2. The van der Waals surface area contributed by atoms with E-state index in [-0.39, 0.29) is 5.78 Å². The SMILES string of the molecule is O=C(OCC1OC(O)[C@H](O)[C@@H](O)C1O)[C@H]1C[C@@H]1C(=O)c1cc(Cl)c2occc2c1. The first kappa shape index (κ1) is 20.3. The second-order valence-electron chi connectivity index (χ2n) is 7.28. The fourth-order valence-corrected chi connectivity index (χ4v) is 3.75. The summed E-state index contributed by atoms with van der Waals surface area (Å²) < 4.78 is 15.3. The fraction of sp³-hybridized carbons (Fsp3) is 0.474. The molecule has 7 atom stereocenters. The van der Waals surface area contributed by atoms with Crippen LogP contribution in [0.15, 0.2) is 28.9 Å². The van der Waals surface area contributed by atoms with E-state index in [1.54, 1.807) is 12.1 Å². The highest BCUT2D eigenvalue weighted by Gasteiger charge is 2.50. The quantitative estimate of drug-likeness (QED) is 0.390. The number of carbonyl (C=O) groups excluding carboxylic acids is 2. The number of furan rings is 1. The number of Topliss-reactive ketones (excluding diaryl/α,β-unsaturated/α-hetero) is 1. The molecule has 0 radical (unpaired) electrons. The number of ether oxygens (including phenoxy) is 2. The molecule has 1 aromatic heterocycles. The maximum Gasteiger partial charge on any atom is 0.309 e. The van der Waals surface area contributed by atoms with Crippen molar-refractivity contribution in [3.8, 4) is 0 Å². The number of esters is 1. The number of aliphatic hydroxyl groups excluding tert-OH is 4. The molecule has 1 saturated heterocycles. The van der Waals surface area contributed by atoms with E-state index in [2.05, 4.69) is 0 Å². The second kappa shape index (κ2) is 7.67. The molecular formula is C19H19ClO9. The molecule has 2 fully saturated rings. The van der Waals surface area contributed by atoms with Gasteiger partial charge in [-0.25, -0.2) is 0 Å². The number of carbonyl (C=O) groups is 2. The predicted octanol–water partition coefficient (Wildman–Crippen LogP) is 0.248. The van der Waals surface area contributed by atoms with Gasteiger partial charge in [0.05, 0.1) is 17.2 Å². The molecule has 156 valence electrons. The first-order chi connectivity index (χ1) is 13.8. The number of hydrogen-bond donors (Lipinski definition) is 4. The zero-order chi connectivity index (χ0) is 20.9. The Labute approximate surface area is 169 Å². The van der Waals surface area contributed by atoms with Gasteiger partial charge in [0.25, 0.3) is 0 Å². The smallest absolute Gasteiger partial charge is 0.309 e. The Hall–Kier alpha value is -2.01. The Bertz CT molecular complexity index is 941. The van der Waals surface area contributed by atoms with Crippen molar-refractivity contribution in [2.75, 3.05) is 6.61 Å². The first-order valence-electron chi connectivity index (χ1n) is 9.03. The lowest BCUT2D eigenvalue weighted by molar-refractivity contribution is -0.287. The Kier molecular flexibility index (Phi) is 5.36. The maximum atomic E-state index is 12.7. The van der Waals surface area contributed by atoms with Crippen LogP contribution in [-0.2, 0) is 14.3 Å². The third-order valence-corrected chi connectivity index (χ3v) is 5.58. The van der Waals surface area contributed by atoms with Crippen LogP contribution >= 0.6 is 11.6 Å². The largest absolute Gasteiger partial charge is 0.463 e. The van der Waals surface area contributed by atoms with Gasteiger partial charge in [-0.1, -0.05) is 11.6 Å². The lowest BCUT2D eigenvalue weighted by Crippen LogP contribution is -2.58. The Morgan fingerprint density at radius 3 is 2.62 bits per heavy atom. The monoisotopic (exact) mass is 426 g/mol. The van der Waals surface area contributed by atoms with Crippen LogP contribution in [0.1, 0.15) is 16.8 Å². The molecule has 10 heteroatoms. The topological polar surface area (TPSA) is 147 Å². The zero-order valence-electron chi connectivity index (χ0n) is 15.0. The number of rotatable bonds is 5. The Morgan fingerprint density at radius 1 is 1.10 bits per heavy atom. The van der Waals surface area contributed by atoms with Gasteiger partial charge in [-0.15, -0.1) is 0 Å². The average Bonchev–Trinajstić information content (AvgIpc) is 3.36. The molecule has 0 amide bonds. The van der Waals surface area contributed by atoms with E-state index in [0.717, 1.165) is 0 Å². The molecule has 1 aliphatic carbocycles. The van der Waals surface area contributed by atoms with Crippen LogP contribution in [0.4, 0.5) is 0 Å². The Balaban J connectivity index is 1.35. The van der Waals surface area contributed by atoms with E-state index in [9.17, 15) is 30.0 Å². The number of aliphatic hydroxyl groups is 4. The summed E-state index contributed by atoms with van der Waals surface area (Å²) in [5.41, 5.74) is 0.853. The molecule has 4 N–H and O–H groups in total. The molecule has 1 aliphatic heterocycles. The van der Waals surface area contributed by atoms with Gasteiger partial charge in [-0.2, -0.15) is 0 Å². The van der Waals surface area contributed by atoms with Crippen molar-refractivity contribution in [3.63, 3.8) is 0 Å². The maximum absolute atomic E-state index is 12.7. The van der Waals surface area contributed by atoms with Gasteiger partial charge < -0.3 is 34.3 Å². The zero-order valence-corrected chi connectivity index (χ0v) is 15.7. The van der Waals surface area contributed by atoms with E-state index in [0.29, 0.717) is 28.0 Å². The summed E-state index contributed by atoms with van der Waals surface area (Å²) in [6.07, 6.45) is -5.98. The first-order valence-corrected chi connectivity index (χ1v) is 9.41. The van der Waals surface area contributed by atoms with Crippen LogP contribution < -0.4 is 0 Å². The fourth-order valence-electron chi connectivity index (χ4n) is 3.48. The molecule has 1 saturated carbocycles. The summed E-state index contributed by atoms with van der Waals surface area (Å²) >= 11 is 6.12. The summed E-state index contributed by atoms with van der Waals surface area (Å²) in [6, 6.07) is 4.83. The molecule has 0 bridgehead atoms. The molecule has 2 heterocycles. The van der Waals surface area contributed by atoms with Crippen molar-refractivity contribution in [2.45, 2.75) is 37.1 Å². The van der Waals surface area contributed by atoms with Gasteiger partial charge >= 0.3 is 5.97 Å². The number of fused-ring (bicyclic) bond motifs is 1. The highest BCUT2D eigenvalue weighted by Crippen LogP contribution is 2.43. The van der Waals surface area contributed by atoms with E-state index >= 15 is 0 Å². The van der Waals surface area contributed by atoms with Crippen LogP contribution in [0, 0.1) is 11.8 Å². The van der Waals surface area contributed by atoms with E-state index in [1.807, 2.05) is 0 Å². The van der Waals surface area contributed by atoms with Gasteiger partial charge in [0, 0.05) is 16.9 Å². The molecule has 1 aromatic carbocycles. The average molecular weight is 427 g/mol. The summed E-state index contributed by atoms with van der Waals surface area (Å²) in [7, 11) is 0. The summed E-state index contributed by atoms with van der Waals surface area (Å²) in [6.45, 7) is -0.439. The minimum absolute atomic E-state index is 0.236. The van der Waals surface area contributed by atoms with Crippen LogP contribution in [-0.4, -0.2) is 69.5 Å². The van der Waals surface area contributed by atoms with Crippen molar-refractivity contribution in [2.24, 2.45) is 11.8 Å². The number of benzene rings is 1. The third kappa shape index (κ3) is 3.77. The molecule has 2 aliphatic rings. The van der Waals surface area contributed by atoms with Crippen LogP contribution in [0.2, 0.25) is 5.02 Å². The van der Waals surface area contributed by atoms with Crippen LogP contribution in [0.5, 0.6) is 0 Å². The highest BCUT2D eigenvalue weighted by atomic mass is 35.5. The van der Waals surface area contributed by atoms with Gasteiger partial charge in [0.15, 0.2) is 17.7 Å². The van der Waals surface area contributed by atoms with Crippen LogP contribution in [0.3, 0.4) is 0 Å². The number of ketones is 1. The van der Waals surface area contributed by atoms with Gasteiger partial charge in [-0.05, 0) is 24.6 Å². The summed E-state index contributed by atoms with van der Waals surface area (Å²) in [5.74, 6) is -2.06. The minimum Gasteiger partial charge on any atom is -0.463 e. The number of hydrogen-bond acceptors (Lipinski definition) is 9. The van der Waals surface area contributed by atoms with Gasteiger partial charge in [0.1, 0.15) is 31.0 Å². The molecule has 3 unspecified atom stereocenters. The van der Waals surface area contributed by atoms with E-state index in [1.165, 1.54) is 12.3 Å². The van der Waals surface area contributed by atoms with E-state index in [4.69, 9.17) is 25.5 Å². The molecular weight excluding hydrogens is 408 g/mol. The molecule has 2 aromatic rings. The standard InChI is InChI=1S/C19H19ClO9/c20-11-4-8(3-7-1-2-27-17(7)11)13(21)9-5-10(9)18(25)28-6-12-14(22)15(23)16(24)19(26)29-12/h1-4,9-10,12,14-16,19,22-24,26H,5-6H2/t9-,10-,12?,14?,15-,16+,19?/m0/s1. The van der Waals surface area contributed by atoms with Crippen LogP contribution in [0.25, 0.3) is 11.0 Å². The second-order valence-corrected chi connectivity index (χ2v) is 7.68. The summed E-state index contributed by atoms with van der Waals surface area (Å²) in [4.78, 5) is 24.9. The highest BCUT2D eigenvalue weighted by molar-refractivity contribution is 6.35. The van der Waals surface area contributed by atoms with Crippen molar-refractivity contribution in [1.29, 1.82) is 0 Å². The molecule has 9 nitrogen and oxygen atoms in total. The number of halogens is 1. The predicted molar refractivity (Wildman–Crippen MR) is 97.0 cm³/mol.